The van der Waals surface area contributed by atoms with Gasteiger partial charge < -0.3 is 5.32 Å². The average Bonchev–Trinajstić information content (AvgIpc) is 2.13. The number of rotatable bonds is 4. The smallest absolute Gasteiger partial charge is 0.317 e. The Labute approximate surface area is 81.0 Å². The van der Waals surface area contributed by atoms with Gasteiger partial charge in [0.15, 0.2) is 6.61 Å². The molecule has 0 bridgehead atoms. The first-order valence-electron chi connectivity index (χ1n) is 4.70. The van der Waals surface area contributed by atoms with Crippen LogP contribution in [0.5, 0.6) is 0 Å². The van der Waals surface area contributed by atoms with Gasteiger partial charge in [-0.15, -0.1) is 0 Å². The van der Waals surface area contributed by atoms with Gasteiger partial charge >= 0.3 is 6.18 Å². The number of alkyl halides is 3. The van der Waals surface area contributed by atoms with E-state index in [1.807, 2.05) is 0 Å². The van der Waals surface area contributed by atoms with E-state index in [1.54, 1.807) is 0 Å². The normalized spacial score (nSPS) is 19.9. The minimum absolute atomic E-state index is 0.421. The van der Waals surface area contributed by atoms with Gasteiger partial charge in [0.25, 0.3) is 0 Å². The van der Waals surface area contributed by atoms with Crippen LogP contribution in [0.25, 0.3) is 0 Å². The molecule has 0 aromatic heterocycles. The second kappa shape index (κ2) is 5.53. The van der Waals surface area contributed by atoms with Crippen molar-refractivity contribution in [1.29, 1.82) is 0 Å². The van der Waals surface area contributed by atoms with Crippen LogP contribution in [0.3, 0.4) is 0 Å². The molecule has 0 saturated carbocycles. The lowest BCUT2D eigenvalue weighted by molar-refractivity contribution is -0.190. The summed E-state index contributed by atoms with van der Waals surface area (Å²) in [7, 11) is 0. The summed E-state index contributed by atoms with van der Waals surface area (Å²) >= 11 is 0. The van der Waals surface area contributed by atoms with Crippen LogP contribution in [-0.2, 0) is 4.84 Å². The largest absolute Gasteiger partial charge is 0.413 e. The summed E-state index contributed by atoms with van der Waals surface area (Å²) in [5.74, 6) is 0.421. The number of nitrogens with one attached hydrogen (secondary N) is 2. The van der Waals surface area contributed by atoms with Gasteiger partial charge in [0, 0.05) is 6.54 Å². The van der Waals surface area contributed by atoms with Crippen molar-refractivity contribution in [2.45, 2.75) is 19.0 Å². The van der Waals surface area contributed by atoms with Gasteiger partial charge in [-0.2, -0.15) is 13.2 Å². The SMILES string of the molecule is FC(F)(F)CONCC1CCNCC1. The first kappa shape index (κ1) is 11.7. The van der Waals surface area contributed by atoms with Gasteiger partial charge in [0.05, 0.1) is 0 Å². The van der Waals surface area contributed by atoms with E-state index in [4.69, 9.17) is 0 Å². The second-order valence-electron chi connectivity index (χ2n) is 3.45. The maximum Gasteiger partial charge on any atom is 0.413 e. The molecule has 3 nitrogen and oxygen atoms in total. The van der Waals surface area contributed by atoms with E-state index in [-0.39, 0.29) is 0 Å². The fourth-order valence-corrected chi connectivity index (χ4v) is 1.40. The van der Waals surface area contributed by atoms with Crippen LogP contribution in [0, 0.1) is 5.92 Å². The fraction of sp³-hybridized carbons (Fsp3) is 1.00. The molecule has 1 saturated heterocycles. The van der Waals surface area contributed by atoms with Crippen LogP contribution in [0.2, 0.25) is 0 Å². The van der Waals surface area contributed by atoms with Gasteiger partial charge in [-0.05, 0) is 31.8 Å². The Morgan fingerprint density at radius 3 is 2.50 bits per heavy atom. The lowest BCUT2D eigenvalue weighted by atomic mass is 9.99. The average molecular weight is 212 g/mol. The first-order chi connectivity index (χ1) is 6.58. The molecule has 0 atom stereocenters. The molecule has 0 spiro atoms. The highest BCUT2D eigenvalue weighted by Gasteiger charge is 2.27. The molecule has 0 aromatic rings. The molecular weight excluding hydrogens is 197 g/mol. The van der Waals surface area contributed by atoms with E-state index < -0.39 is 12.8 Å². The second-order valence-corrected chi connectivity index (χ2v) is 3.45. The molecule has 0 unspecified atom stereocenters. The van der Waals surface area contributed by atoms with E-state index in [0.717, 1.165) is 25.9 Å². The summed E-state index contributed by atoms with van der Waals surface area (Å²) in [4.78, 5) is 4.31. The zero-order valence-electron chi connectivity index (χ0n) is 7.86. The molecule has 1 aliphatic rings. The molecule has 0 aromatic carbocycles. The minimum Gasteiger partial charge on any atom is -0.317 e. The summed E-state index contributed by atoms with van der Waals surface area (Å²) in [6, 6.07) is 0. The molecule has 1 heterocycles. The molecule has 6 heteroatoms. The van der Waals surface area contributed by atoms with E-state index >= 15 is 0 Å². The van der Waals surface area contributed by atoms with Crippen molar-refractivity contribution in [3.05, 3.63) is 0 Å². The third-order valence-corrected chi connectivity index (χ3v) is 2.17. The topological polar surface area (TPSA) is 33.3 Å². The van der Waals surface area contributed by atoms with Gasteiger partial charge in [-0.1, -0.05) is 0 Å². The van der Waals surface area contributed by atoms with Gasteiger partial charge in [0.2, 0.25) is 0 Å². The lowest BCUT2D eigenvalue weighted by Crippen LogP contribution is -2.35. The Hall–Kier alpha value is -0.330. The number of hydroxylamine groups is 1. The van der Waals surface area contributed by atoms with E-state index in [2.05, 4.69) is 15.6 Å². The number of hydrogen-bond donors (Lipinski definition) is 2. The Balaban J connectivity index is 1.97. The lowest BCUT2D eigenvalue weighted by Gasteiger charge is -2.22. The zero-order chi connectivity index (χ0) is 10.4. The van der Waals surface area contributed by atoms with Crippen molar-refractivity contribution in [3.8, 4) is 0 Å². The quantitative estimate of drug-likeness (QED) is 0.540. The molecule has 1 fully saturated rings. The summed E-state index contributed by atoms with van der Waals surface area (Å²) < 4.78 is 34.9. The van der Waals surface area contributed by atoms with Crippen molar-refractivity contribution < 1.29 is 18.0 Å². The predicted octanol–water partition coefficient (Wildman–Crippen LogP) is 1.07. The maximum absolute atomic E-state index is 11.6. The zero-order valence-corrected chi connectivity index (χ0v) is 7.86. The third-order valence-electron chi connectivity index (χ3n) is 2.17. The highest BCUT2D eigenvalue weighted by molar-refractivity contribution is 4.68. The van der Waals surface area contributed by atoms with E-state index in [9.17, 15) is 13.2 Å². The molecule has 14 heavy (non-hydrogen) atoms. The van der Waals surface area contributed by atoms with Gasteiger partial charge in [0.1, 0.15) is 0 Å². The predicted molar refractivity (Wildman–Crippen MR) is 45.6 cm³/mol. The Bertz CT molecular complexity index is 157. The Kier molecular flexibility index (Phi) is 4.64. The first-order valence-corrected chi connectivity index (χ1v) is 4.70. The Morgan fingerprint density at radius 1 is 1.29 bits per heavy atom. The van der Waals surface area contributed by atoms with Crippen LogP contribution < -0.4 is 10.8 Å². The molecule has 0 aliphatic carbocycles. The van der Waals surface area contributed by atoms with Crippen LogP contribution in [0.1, 0.15) is 12.8 Å². The standard InChI is InChI=1S/C8H15F3N2O/c9-8(10,11)6-14-13-5-7-1-3-12-4-2-7/h7,12-13H,1-6H2. The summed E-state index contributed by atoms with van der Waals surface area (Å²) in [5, 5.41) is 3.18. The summed E-state index contributed by atoms with van der Waals surface area (Å²) in [6.45, 7) is 1.15. The van der Waals surface area contributed by atoms with Crippen LogP contribution in [0.15, 0.2) is 0 Å². The van der Waals surface area contributed by atoms with Crippen LogP contribution in [-0.4, -0.2) is 32.4 Å². The Morgan fingerprint density at radius 2 is 1.93 bits per heavy atom. The van der Waals surface area contributed by atoms with Crippen LogP contribution in [0.4, 0.5) is 13.2 Å². The number of piperidine rings is 1. The monoisotopic (exact) mass is 212 g/mol. The molecular formula is C8H15F3N2O. The number of halogens is 3. The molecule has 84 valence electrons. The summed E-state index contributed by atoms with van der Waals surface area (Å²) in [6.07, 6.45) is -2.27. The maximum atomic E-state index is 11.6. The highest BCUT2D eigenvalue weighted by Crippen LogP contribution is 2.14. The highest BCUT2D eigenvalue weighted by atomic mass is 19.4. The van der Waals surface area contributed by atoms with E-state index in [1.165, 1.54) is 0 Å². The van der Waals surface area contributed by atoms with Crippen molar-refractivity contribution >= 4 is 0 Å². The molecule has 0 radical (unpaired) electrons. The van der Waals surface area contributed by atoms with Gasteiger partial charge in [-0.3, -0.25) is 4.84 Å². The van der Waals surface area contributed by atoms with Crippen LogP contribution >= 0.6 is 0 Å². The van der Waals surface area contributed by atoms with Crippen molar-refractivity contribution in [2.75, 3.05) is 26.2 Å². The van der Waals surface area contributed by atoms with Gasteiger partial charge in [-0.25, -0.2) is 5.48 Å². The third kappa shape index (κ3) is 5.41. The number of hydrogen-bond acceptors (Lipinski definition) is 3. The molecule has 1 rings (SSSR count). The fourth-order valence-electron chi connectivity index (χ4n) is 1.40. The van der Waals surface area contributed by atoms with Crippen molar-refractivity contribution in [3.63, 3.8) is 0 Å². The molecule has 2 N–H and O–H groups in total. The molecule has 1 aliphatic heterocycles. The molecule has 0 amide bonds. The van der Waals surface area contributed by atoms with E-state index in [0.29, 0.717) is 12.5 Å². The summed E-state index contributed by atoms with van der Waals surface area (Å²) in [5.41, 5.74) is 2.36. The van der Waals surface area contributed by atoms with Crippen molar-refractivity contribution in [2.24, 2.45) is 5.92 Å². The minimum atomic E-state index is -4.25. The van der Waals surface area contributed by atoms with Crippen molar-refractivity contribution in [1.82, 2.24) is 10.8 Å².